The number of benzene rings is 2. The smallest absolute Gasteiger partial charge is 0.252 e. The highest BCUT2D eigenvalue weighted by atomic mass is 35.5. The van der Waals surface area contributed by atoms with Gasteiger partial charge in [-0.05, 0) is 30.2 Å². The summed E-state index contributed by atoms with van der Waals surface area (Å²) in [5, 5.41) is 12.8. The quantitative estimate of drug-likeness (QED) is 0.440. The van der Waals surface area contributed by atoms with Crippen LogP contribution >= 0.6 is 11.6 Å². The molecule has 0 saturated heterocycles. The average Bonchev–Trinajstić information content (AvgIpc) is 3.43. The van der Waals surface area contributed by atoms with Crippen LogP contribution in [0.4, 0.5) is 5.69 Å². The molecule has 2 aromatic carbocycles. The maximum atomic E-state index is 13.1. The molecule has 34 heavy (non-hydrogen) atoms. The number of carbonyl (C=O) groups is 2. The Morgan fingerprint density at radius 2 is 2.09 bits per heavy atom. The molecule has 0 radical (unpaired) electrons. The van der Waals surface area contributed by atoms with E-state index in [1.54, 1.807) is 34.0 Å². The molecular formula is C24H20ClN7O2. The molecule has 0 spiro atoms. The molecular weight excluding hydrogens is 454 g/mol. The number of aryl methyl sites for hydroxylation is 1. The Bertz CT molecular complexity index is 1510. The molecule has 9 nitrogen and oxygen atoms in total. The van der Waals surface area contributed by atoms with Crippen LogP contribution in [0.25, 0.3) is 27.0 Å². The zero-order valence-corrected chi connectivity index (χ0v) is 19.1. The van der Waals surface area contributed by atoms with Crippen LogP contribution in [0.15, 0.2) is 36.5 Å². The van der Waals surface area contributed by atoms with Crippen molar-refractivity contribution < 1.29 is 9.59 Å². The van der Waals surface area contributed by atoms with Crippen LogP contribution < -0.4 is 5.73 Å². The fourth-order valence-corrected chi connectivity index (χ4v) is 4.65. The van der Waals surface area contributed by atoms with Crippen molar-refractivity contribution in [2.24, 2.45) is 5.73 Å². The first-order valence-corrected chi connectivity index (χ1v) is 11.0. The predicted molar refractivity (Wildman–Crippen MR) is 127 cm³/mol. The van der Waals surface area contributed by atoms with Gasteiger partial charge in [0.05, 0.1) is 54.1 Å². The van der Waals surface area contributed by atoms with E-state index in [9.17, 15) is 9.59 Å². The monoisotopic (exact) mass is 473 g/mol. The number of aromatic amines is 1. The number of H-pyrrole nitrogens is 1. The van der Waals surface area contributed by atoms with Crippen molar-refractivity contribution in [2.75, 3.05) is 6.54 Å². The van der Waals surface area contributed by atoms with Crippen molar-refractivity contribution in [1.82, 2.24) is 24.9 Å². The molecule has 2 amide bonds. The van der Waals surface area contributed by atoms with Crippen LogP contribution in [0, 0.1) is 13.5 Å². The number of hydrogen-bond acceptors (Lipinski definition) is 4. The Morgan fingerprint density at radius 1 is 1.26 bits per heavy atom. The van der Waals surface area contributed by atoms with E-state index < -0.39 is 5.91 Å². The number of nitrogens with two attached hydrogens (primary N) is 1. The molecule has 3 N–H and O–H groups in total. The fourth-order valence-electron chi connectivity index (χ4n) is 4.38. The highest BCUT2D eigenvalue weighted by Crippen LogP contribution is 2.33. The fraction of sp³-hybridized carbons (Fsp3) is 0.208. The second kappa shape index (κ2) is 8.32. The lowest BCUT2D eigenvalue weighted by molar-refractivity contribution is -0.132. The molecule has 5 rings (SSSR count). The van der Waals surface area contributed by atoms with Gasteiger partial charge in [0, 0.05) is 17.5 Å². The standard InChI is InChI=1S/C24H20ClN7O2/c1-13-7-14(3-4-18(13)27-2)8-20(33)31-5-6-32-19(12-31)21(24(26)34)23(30-32)15-9-16-11-28-29-22(16)17(25)10-15/h3-4,7,9-11H,5-6,8,12H2,1H3,(H2,26,34)(H,28,29). The molecule has 170 valence electrons. The van der Waals surface area contributed by atoms with E-state index in [1.165, 1.54) is 0 Å². The Morgan fingerprint density at radius 3 is 2.82 bits per heavy atom. The summed E-state index contributed by atoms with van der Waals surface area (Å²) in [6.45, 7) is 10.2. The van der Waals surface area contributed by atoms with Crippen molar-refractivity contribution in [3.05, 3.63) is 75.4 Å². The molecule has 0 saturated carbocycles. The third-order valence-electron chi connectivity index (χ3n) is 6.09. The lowest BCUT2D eigenvalue weighted by Gasteiger charge is -2.28. The number of fused-ring (bicyclic) bond motifs is 2. The molecule has 2 aromatic heterocycles. The largest absolute Gasteiger partial charge is 0.365 e. The van der Waals surface area contributed by atoms with Crippen LogP contribution in [0.2, 0.25) is 5.02 Å². The zero-order valence-electron chi connectivity index (χ0n) is 18.3. The lowest BCUT2D eigenvalue weighted by atomic mass is 10.0. The Kier molecular flexibility index (Phi) is 5.30. The number of nitrogens with one attached hydrogen (secondary N) is 1. The van der Waals surface area contributed by atoms with Gasteiger partial charge in [0.1, 0.15) is 5.69 Å². The third kappa shape index (κ3) is 3.68. The highest BCUT2D eigenvalue weighted by Gasteiger charge is 2.30. The van der Waals surface area contributed by atoms with Gasteiger partial charge in [0.2, 0.25) is 5.91 Å². The van der Waals surface area contributed by atoms with E-state index in [4.69, 9.17) is 23.9 Å². The van der Waals surface area contributed by atoms with Gasteiger partial charge in [-0.15, -0.1) is 0 Å². The summed E-state index contributed by atoms with van der Waals surface area (Å²) < 4.78 is 1.74. The minimum absolute atomic E-state index is 0.0674. The summed E-state index contributed by atoms with van der Waals surface area (Å²) in [5.74, 6) is -0.679. The zero-order chi connectivity index (χ0) is 24.0. The lowest BCUT2D eigenvalue weighted by Crippen LogP contribution is -2.40. The second-order valence-electron chi connectivity index (χ2n) is 8.27. The van der Waals surface area contributed by atoms with E-state index in [0.717, 1.165) is 16.5 Å². The van der Waals surface area contributed by atoms with Gasteiger partial charge in [-0.2, -0.15) is 10.2 Å². The van der Waals surface area contributed by atoms with E-state index >= 15 is 0 Å². The minimum atomic E-state index is -0.612. The van der Waals surface area contributed by atoms with Crippen LogP contribution in [0.1, 0.15) is 27.2 Å². The summed E-state index contributed by atoms with van der Waals surface area (Å²) in [6, 6.07) is 8.97. The van der Waals surface area contributed by atoms with E-state index in [1.807, 2.05) is 19.1 Å². The molecule has 0 bridgehead atoms. The predicted octanol–water partition coefficient (Wildman–Crippen LogP) is 3.62. The summed E-state index contributed by atoms with van der Waals surface area (Å²) >= 11 is 6.39. The first-order valence-electron chi connectivity index (χ1n) is 10.6. The average molecular weight is 474 g/mol. The number of hydrogen-bond donors (Lipinski definition) is 2. The normalized spacial score (nSPS) is 13.0. The molecule has 1 aliphatic rings. The molecule has 1 aliphatic heterocycles. The summed E-state index contributed by atoms with van der Waals surface area (Å²) in [6.07, 6.45) is 1.86. The van der Waals surface area contributed by atoms with Gasteiger partial charge in [-0.25, -0.2) is 4.85 Å². The minimum Gasteiger partial charge on any atom is -0.365 e. The van der Waals surface area contributed by atoms with Crippen LogP contribution in [-0.4, -0.2) is 43.2 Å². The van der Waals surface area contributed by atoms with Crippen LogP contribution in [0.5, 0.6) is 0 Å². The molecule has 3 heterocycles. The third-order valence-corrected chi connectivity index (χ3v) is 6.39. The van der Waals surface area contributed by atoms with Crippen molar-refractivity contribution in [1.29, 1.82) is 0 Å². The Balaban J connectivity index is 1.46. The van der Waals surface area contributed by atoms with E-state index in [2.05, 4.69) is 20.1 Å². The SMILES string of the molecule is [C-]#[N+]c1ccc(CC(=O)N2CCn3nc(-c4cc(Cl)c5[nH]ncc5c4)c(C(N)=O)c3C2)cc1C. The van der Waals surface area contributed by atoms with Gasteiger partial charge >= 0.3 is 0 Å². The summed E-state index contributed by atoms with van der Waals surface area (Å²) in [5.41, 5.74) is 10.7. The van der Waals surface area contributed by atoms with Gasteiger partial charge in [0.25, 0.3) is 5.91 Å². The number of rotatable bonds is 4. The number of aromatic nitrogens is 4. The van der Waals surface area contributed by atoms with Crippen molar-refractivity contribution in [3.63, 3.8) is 0 Å². The first-order chi connectivity index (χ1) is 16.4. The topological polar surface area (TPSA) is 114 Å². The number of amides is 2. The van der Waals surface area contributed by atoms with Crippen molar-refractivity contribution in [3.8, 4) is 11.3 Å². The van der Waals surface area contributed by atoms with Gasteiger partial charge < -0.3 is 10.6 Å². The molecule has 4 aromatic rings. The Labute approximate surface area is 199 Å². The second-order valence-corrected chi connectivity index (χ2v) is 8.68. The van der Waals surface area contributed by atoms with Crippen LogP contribution in [0.3, 0.4) is 0 Å². The van der Waals surface area contributed by atoms with E-state index in [-0.39, 0.29) is 24.4 Å². The van der Waals surface area contributed by atoms with Crippen molar-refractivity contribution in [2.45, 2.75) is 26.4 Å². The maximum Gasteiger partial charge on any atom is 0.252 e. The maximum absolute atomic E-state index is 13.1. The van der Waals surface area contributed by atoms with Crippen molar-refractivity contribution >= 4 is 40.0 Å². The number of halogens is 1. The molecule has 0 unspecified atom stereocenters. The summed E-state index contributed by atoms with van der Waals surface area (Å²) in [7, 11) is 0. The molecule has 0 fully saturated rings. The van der Waals surface area contributed by atoms with Crippen LogP contribution in [-0.2, 0) is 24.3 Å². The Hall–Kier alpha value is -4.16. The molecule has 0 atom stereocenters. The number of nitrogens with zero attached hydrogens (tertiary/aromatic N) is 5. The number of primary amides is 1. The molecule has 10 heteroatoms. The van der Waals surface area contributed by atoms with Gasteiger partial charge in [0.15, 0.2) is 5.69 Å². The van der Waals surface area contributed by atoms with E-state index in [0.29, 0.717) is 46.3 Å². The summed E-state index contributed by atoms with van der Waals surface area (Å²) in [4.78, 5) is 30.7. The van der Waals surface area contributed by atoms with Gasteiger partial charge in [-0.1, -0.05) is 29.8 Å². The first kappa shape index (κ1) is 21.7. The molecule has 0 aliphatic carbocycles. The highest BCUT2D eigenvalue weighted by molar-refractivity contribution is 6.35. The number of carbonyl (C=O) groups excluding carboxylic acids is 2. The van der Waals surface area contributed by atoms with Gasteiger partial charge in [-0.3, -0.25) is 19.4 Å².